The fourth-order valence-corrected chi connectivity index (χ4v) is 1.63. The van der Waals surface area contributed by atoms with Gasteiger partial charge in [0.05, 0.1) is 0 Å². The zero-order valence-electron chi connectivity index (χ0n) is 8.96. The molecule has 1 aromatic carbocycles. The fourth-order valence-electron chi connectivity index (χ4n) is 1.52. The minimum absolute atomic E-state index is 0.166. The van der Waals surface area contributed by atoms with Crippen LogP contribution >= 0.6 is 11.6 Å². The Kier molecular flexibility index (Phi) is 4.82. The number of nitrogens with two attached hydrogens (primary N) is 1. The Hall–Kier alpha value is -0.830. The number of halogens is 1. The molecule has 2 nitrogen and oxygen atoms in total. The van der Waals surface area contributed by atoms with Crippen LogP contribution in [0.5, 0.6) is 0 Å². The van der Waals surface area contributed by atoms with E-state index < -0.39 is 0 Å². The van der Waals surface area contributed by atoms with Crippen LogP contribution in [0.1, 0.15) is 30.0 Å². The van der Waals surface area contributed by atoms with Crippen LogP contribution in [-0.2, 0) is 0 Å². The maximum Gasteiger partial charge on any atom is 0.0463 e. The number of hydrogen-bond acceptors (Lipinski definition) is 2. The Balaban J connectivity index is 2.82. The lowest BCUT2D eigenvalue weighted by molar-refractivity contribution is 0.520. The third kappa shape index (κ3) is 3.34. The number of benzene rings is 1. The molecule has 0 aliphatic rings. The van der Waals surface area contributed by atoms with Gasteiger partial charge in [-0.05, 0) is 37.0 Å². The third-order valence-electron chi connectivity index (χ3n) is 2.45. The summed E-state index contributed by atoms with van der Waals surface area (Å²) in [6, 6.07) is 6.14. The lowest BCUT2D eigenvalue weighted by atomic mass is 10.0. The maximum atomic E-state index is 5.97. The smallest absolute Gasteiger partial charge is 0.0463 e. The van der Waals surface area contributed by atoms with Crippen molar-refractivity contribution in [3.05, 3.63) is 47.0 Å². The van der Waals surface area contributed by atoms with Crippen LogP contribution in [-0.4, -0.2) is 0 Å². The van der Waals surface area contributed by atoms with Gasteiger partial charge in [0.15, 0.2) is 0 Å². The van der Waals surface area contributed by atoms with Crippen molar-refractivity contribution in [2.24, 2.45) is 5.84 Å². The van der Waals surface area contributed by atoms with E-state index in [0.717, 1.165) is 23.4 Å². The maximum absolute atomic E-state index is 5.97. The summed E-state index contributed by atoms with van der Waals surface area (Å²) in [5.74, 6) is 5.52. The summed E-state index contributed by atoms with van der Waals surface area (Å²) in [4.78, 5) is 0. The van der Waals surface area contributed by atoms with E-state index in [1.165, 1.54) is 5.56 Å². The number of rotatable bonds is 5. The normalized spacial score (nSPS) is 12.5. The first-order valence-electron chi connectivity index (χ1n) is 5.02. The van der Waals surface area contributed by atoms with Crippen molar-refractivity contribution in [2.75, 3.05) is 0 Å². The predicted molar refractivity (Wildman–Crippen MR) is 65.7 cm³/mol. The van der Waals surface area contributed by atoms with Crippen molar-refractivity contribution >= 4 is 11.6 Å². The predicted octanol–water partition coefficient (Wildman–Crippen LogP) is 3.12. The second kappa shape index (κ2) is 5.91. The summed E-state index contributed by atoms with van der Waals surface area (Å²) < 4.78 is 0. The number of hydrazine groups is 1. The Morgan fingerprint density at radius 3 is 2.87 bits per heavy atom. The molecule has 0 aliphatic heterocycles. The molecular formula is C12H17ClN2. The first-order valence-corrected chi connectivity index (χ1v) is 5.40. The first kappa shape index (κ1) is 12.2. The highest BCUT2D eigenvalue weighted by molar-refractivity contribution is 6.31. The summed E-state index contributed by atoms with van der Waals surface area (Å²) in [6.45, 7) is 5.70. The Bertz CT molecular complexity index is 336. The zero-order valence-corrected chi connectivity index (χ0v) is 9.72. The molecule has 0 bridgehead atoms. The molecule has 0 amide bonds. The minimum atomic E-state index is 0.166. The molecule has 0 saturated carbocycles. The number of allylic oxidation sites excluding steroid dienone is 1. The standard InChI is InChI=1S/C12H17ClN2/c1-3-4-5-12(15-14)10-6-7-11(13)9(2)8-10/h3,6-8,12,15H,1,4-5,14H2,2H3. The van der Waals surface area contributed by atoms with E-state index in [4.69, 9.17) is 17.4 Å². The molecule has 0 saturated heterocycles. The van der Waals surface area contributed by atoms with Gasteiger partial charge >= 0.3 is 0 Å². The molecule has 0 aliphatic carbocycles. The van der Waals surface area contributed by atoms with Crippen molar-refractivity contribution in [1.82, 2.24) is 5.43 Å². The SMILES string of the molecule is C=CCCC(NN)c1ccc(Cl)c(C)c1. The molecule has 3 heteroatoms. The molecule has 1 unspecified atom stereocenters. The molecule has 0 fully saturated rings. The van der Waals surface area contributed by atoms with Gasteiger partial charge in [0, 0.05) is 11.1 Å². The van der Waals surface area contributed by atoms with Crippen molar-refractivity contribution in [3.63, 3.8) is 0 Å². The summed E-state index contributed by atoms with van der Waals surface area (Å²) >= 11 is 5.97. The van der Waals surface area contributed by atoms with Gasteiger partial charge in [-0.25, -0.2) is 0 Å². The van der Waals surface area contributed by atoms with Crippen LogP contribution in [0.25, 0.3) is 0 Å². The average Bonchev–Trinajstić information content (AvgIpc) is 2.24. The summed E-state index contributed by atoms with van der Waals surface area (Å²) in [5.41, 5.74) is 5.05. The van der Waals surface area contributed by atoms with E-state index in [1.54, 1.807) is 0 Å². The van der Waals surface area contributed by atoms with E-state index in [0.29, 0.717) is 0 Å². The fraction of sp³-hybridized carbons (Fsp3) is 0.333. The first-order chi connectivity index (χ1) is 7.19. The quantitative estimate of drug-likeness (QED) is 0.458. The molecule has 1 atom stereocenters. The minimum Gasteiger partial charge on any atom is -0.271 e. The monoisotopic (exact) mass is 224 g/mol. The third-order valence-corrected chi connectivity index (χ3v) is 2.87. The molecule has 0 heterocycles. The lowest BCUT2D eigenvalue weighted by Gasteiger charge is -2.16. The van der Waals surface area contributed by atoms with E-state index in [2.05, 4.69) is 18.1 Å². The van der Waals surface area contributed by atoms with E-state index >= 15 is 0 Å². The Morgan fingerprint density at radius 1 is 1.60 bits per heavy atom. The highest BCUT2D eigenvalue weighted by Crippen LogP contribution is 2.23. The molecule has 0 aromatic heterocycles. The van der Waals surface area contributed by atoms with Gasteiger partial charge in [-0.2, -0.15) is 0 Å². The van der Waals surface area contributed by atoms with Gasteiger partial charge in [-0.15, -0.1) is 6.58 Å². The second-order valence-electron chi connectivity index (χ2n) is 3.59. The van der Waals surface area contributed by atoms with Crippen LogP contribution in [0.4, 0.5) is 0 Å². The van der Waals surface area contributed by atoms with E-state index in [9.17, 15) is 0 Å². The molecular weight excluding hydrogens is 208 g/mol. The molecule has 1 aromatic rings. The Labute approximate surface area is 96.1 Å². The lowest BCUT2D eigenvalue weighted by Crippen LogP contribution is -2.27. The number of nitrogens with one attached hydrogen (secondary N) is 1. The van der Waals surface area contributed by atoms with Crippen LogP contribution in [0.2, 0.25) is 5.02 Å². The molecule has 0 spiro atoms. The van der Waals surface area contributed by atoms with Gasteiger partial charge < -0.3 is 0 Å². The average molecular weight is 225 g/mol. The van der Waals surface area contributed by atoms with Gasteiger partial charge in [0.25, 0.3) is 0 Å². The largest absolute Gasteiger partial charge is 0.271 e. The van der Waals surface area contributed by atoms with E-state index in [1.807, 2.05) is 25.1 Å². The molecule has 15 heavy (non-hydrogen) atoms. The highest BCUT2D eigenvalue weighted by Gasteiger charge is 2.09. The molecule has 1 rings (SSSR count). The van der Waals surface area contributed by atoms with Gasteiger partial charge in [-0.3, -0.25) is 11.3 Å². The van der Waals surface area contributed by atoms with Crippen LogP contribution < -0.4 is 11.3 Å². The van der Waals surface area contributed by atoms with Gasteiger partial charge in [-0.1, -0.05) is 29.8 Å². The van der Waals surface area contributed by atoms with Crippen molar-refractivity contribution in [2.45, 2.75) is 25.8 Å². The molecule has 82 valence electrons. The number of hydrogen-bond donors (Lipinski definition) is 2. The summed E-state index contributed by atoms with van der Waals surface area (Å²) in [6.07, 6.45) is 3.78. The van der Waals surface area contributed by atoms with Gasteiger partial charge in [0.1, 0.15) is 0 Å². The van der Waals surface area contributed by atoms with Crippen molar-refractivity contribution in [1.29, 1.82) is 0 Å². The summed E-state index contributed by atoms with van der Waals surface area (Å²) in [7, 11) is 0. The highest BCUT2D eigenvalue weighted by atomic mass is 35.5. The van der Waals surface area contributed by atoms with Crippen molar-refractivity contribution < 1.29 is 0 Å². The second-order valence-corrected chi connectivity index (χ2v) is 4.00. The number of aryl methyl sites for hydroxylation is 1. The molecule has 3 N–H and O–H groups in total. The molecule has 0 radical (unpaired) electrons. The van der Waals surface area contributed by atoms with Crippen molar-refractivity contribution in [3.8, 4) is 0 Å². The van der Waals surface area contributed by atoms with E-state index in [-0.39, 0.29) is 6.04 Å². The van der Waals surface area contributed by atoms with Crippen LogP contribution in [0.3, 0.4) is 0 Å². The Morgan fingerprint density at radius 2 is 2.33 bits per heavy atom. The summed E-state index contributed by atoms with van der Waals surface area (Å²) in [5, 5.41) is 0.790. The zero-order chi connectivity index (χ0) is 11.3. The van der Waals surface area contributed by atoms with Gasteiger partial charge in [0.2, 0.25) is 0 Å². The van der Waals surface area contributed by atoms with Crippen LogP contribution in [0, 0.1) is 6.92 Å². The topological polar surface area (TPSA) is 38.0 Å². The van der Waals surface area contributed by atoms with Crippen LogP contribution in [0.15, 0.2) is 30.9 Å².